The van der Waals surface area contributed by atoms with Gasteiger partial charge in [-0.25, -0.2) is 4.39 Å². The quantitative estimate of drug-likeness (QED) is 0.849. The number of benzene rings is 1. The van der Waals surface area contributed by atoms with E-state index in [-0.39, 0.29) is 17.5 Å². The van der Waals surface area contributed by atoms with Gasteiger partial charge in [-0.1, -0.05) is 13.8 Å². The van der Waals surface area contributed by atoms with E-state index in [1.807, 2.05) is 0 Å². The average molecular weight is 346 g/mol. The summed E-state index contributed by atoms with van der Waals surface area (Å²) in [7, 11) is 0. The topological polar surface area (TPSA) is 49.4 Å². The smallest absolute Gasteiger partial charge is 0.330 e. The second kappa shape index (κ2) is 6.78. The van der Waals surface area contributed by atoms with Gasteiger partial charge in [-0.2, -0.15) is 13.2 Å². The van der Waals surface area contributed by atoms with Crippen molar-refractivity contribution >= 4 is 17.5 Å². The Morgan fingerprint density at radius 2 is 1.96 bits per heavy atom. The van der Waals surface area contributed by atoms with E-state index < -0.39 is 29.5 Å². The fourth-order valence-electron chi connectivity index (χ4n) is 2.80. The Morgan fingerprint density at radius 1 is 1.29 bits per heavy atom. The lowest BCUT2D eigenvalue weighted by atomic mass is 10.0. The van der Waals surface area contributed by atoms with Gasteiger partial charge in [0.05, 0.1) is 5.56 Å². The number of amides is 2. The highest BCUT2D eigenvalue weighted by Crippen LogP contribution is 2.33. The first-order chi connectivity index (χ1) is 11.1. The van der Waals surface area contributed by atoms with Gasteiger partial charge in [0.25, 0.3) is 0 Å². The molecule has 4 nitrogen and oxygen atoms in total. The number of hydrogen-bond donors (Lipinski definition) is 1. The Bertz CT molecular complexity index is 643. The standard InChI is InChI=1S/C16H18F4N2O2/c1-9(2)14(22-7-3-4-13(22)23)15(24)21-10-5-6-12(17)11(8-10)16(18,19)20/h5-6,8-9,14H,3-4,7H2,1-2H3,(H,21,24). The lowest BCUT2D eigenvalue weighted by Gasteiger charge is -2.30. The molecule has 1 aliphatic rings. The van der Waals surface area contributed by atoms with Crippen molar-refractivity contribution < 1.29 is 27.2 Å². The minimum atomic E-state index is -4.85. The van der Waals surface area contributed by atoms with Crippen LogP contribution in [-0.2, 0) is 15.8 Å². The first-order valence-electron chi connectivity index (χ1n) is 7.58. The number of nitrogens with zero attached hydrogens (tertiary/aromatic N) is 1. The molecule has 1 aromatic rings. The molecular formula is C16H18F4N2O2. The van der Waals surface area contributed by atoms with E-state index in [1.54, 1.807) is 13.8 Å². The second-order valence-electron chi connectivity index (χ2n) is 6.06. The summed E-state index contributed by atoms with van der Waals surface area (Å²) in [6, 6.07) is 1.49. The van der Waals surface area contributed by atoms with E-state index in [1.165, 1.54) is 4.90 Å². The molecule has 1 unspecified atom stereocenters. The van der Waals surface area contributed by atoms with Crippen LogP contribution in [0.15, 0.2) is 18.2 Å². The van der Waals surface area contributed by atoms with E-state index in [2.05, 4.69) is 5.32 Å². The summed E-state index contributed by atoms with van der Waals surface area (Å²) in [6.45, 7) is 3.94. The third-order valence-electron chi connectivity index (χ3n) is 3.89. The maximum Gasteiger partial charge on any atom is 0.419 e. The summed E-state index contributed by atoms with van der Waals surface area (Å²) < 4.78 is 51.5. The molecule has 0 saturated carbocycles. The average Bonchev–Trinajstić information content (AvgIpc) is 2.86. The minimum Gasteiger partial charge on any atom is -0.330 e. The highest BCUT2D eigenvalue weighted by Gasteiger charge is 2.36. The van der Waals surface area contributed by atoms with Crippen molar-refractivity contribution in [3.05, 3.63) is 29.6 Å². The van der Waals surface area contributed by atoms with E-state index in [0.29, 0.717) is 31.5 Å². The van der Waals surface area contributed by atoms with Gasteiger partial charge < -0.3 is 10.2 Å². The summed E-state index contributed by atoms with van der Waals surface area (Å²) in [6.07, 6.45) is -3.86. The maximum absolute atomic E-state index is 13.3. The zero-order valence-electron chi connectivity index (χ0n) is 13.3. The molecular weight excluding hydrogens is 328 g/mol. The van der Waals surface area contributed by atoms with E-state index in [0.717, 1.165) is 6.07 Å². The number of alkyl halides is 3. The molecule has 0 bridgehead atoms. The molecule has 132 valence electrons. The van der Waals surface area contributed by atoms with Crippen molar-refractivity contribution in [1.82, 2.24) is 4.90 Å². The highest BCUT2D eigenvalue weighted by atomic mass is 19.4. The molecule has 2 rings (SSSR count). The van der Waals surface area contributed by atoms with Crippen LogP contribution in [0.4, 0.5) is 23.2 Å². The van der Waals surface area contributed by atoms with Crippen molar-refractivity contribution in [3.8, 4) is 0 Å². The van der Waals surface area contributed by atoms with Gasteiger partial charge in [0.15, 0.2) is 0 Å². The summed E-state index contributed by atoms with van der Waals surface area (Å²) in [5.74, 6) is -2.36. The molecule has 1 N–H and O–H groups in total. The van der Waals surface area contributed by atoms with Crippen LogP contribution < -0.4 is 5.32 Å². The van der Waals surface area contributed by atoms with Gasteiger partial charge in [0.2, 0.25) is 11.8 Å². The lowest BCUT2D eigenvalue weighted by Crippen LogP contribution is -2.48. The van der Waals surface area contributed by atoms with Crippen LogP contribution in [0.25, 0.3) is 0 Å². The number of likely N-dealkylation sites (tertiary alicyclic amines) is 1. The number of halogens is 4. The third kappa shape index (κ3) is 3.85. The maximum atomic E-state index is 13.3. The molecule has 0 aromatic heterocycles. The van der Waals surface area contributed by atoms with Crippen LogP contribution in [-0.4, -0.2) is 29.3 Å². The molecule has 1 atom stereocenters. The summed E-state index contributed by atoms with van der Waals surface area (Å²) in [5.41, 5.74) is -1.61. The van der Waals surface area contributed by atoms with Gasteiger partial charge in [-0.3, -0.25) is 9.59 Å². The van der Waals surface area contributed by atoms with Crippen LogP contribution in [0.5, 0.6) is 0 Å². The summed E-state index contributed by atoms with van der Waals surface area (Å²) in [5, 5.41) is 2.36. The van der Waals surface area contributed by atoms with Crippen LogP contribution >= 0.6 is 0 Å². The Balaban J connectivity index is 2.23. The molecule has 1 fully saturated rings. The van der Waals surface area contributed by atoms with E-state index in [4.69, 9.17) is 0 Å². The Kier molecular flexibility index (Phi) is 5.15. The van der Waals surface area contributed by atoms with Crippen LogP contribution in [0.1, 0.15) is 32.3 Å². The molecule has 24 heavy (non-hydrogen) atoms. The van der Waals surface area contributed by atoms with Gasteiger partial charge >= 0.3 is 6.18 Å². The number of nitrogens with one attached hydrogen (secondary N) is 1. The van der Waals surface area contributed by atoms with Crippen molar-refractivity contribution in [2.75, 3.05) is 11.9 Å². The number of hydrogen-bond acceptors (Lipinski definition) is 2. The lowest BCUT2D eigenvalue weighted by molar-refractivity contribution is -0.140. The zero-order chi connectivity index (χ0) is 18.1. The molecule has 0 aliphatic carbocycles. The molecule has 1 aliphatic heterocycles. The molecule has 0 spiro atoms. The normalized spacial score (nSPS) is 16.6. The van der Waals surface area contributed by atoms with Crippen LogP contribution in [0, 0.1) is 11.7 Å². The highest BCUT2D eigenvalue weighted by molar-refractivity contribution is 5.97. The van der Waals surface area contributed by atoms with Gasteiger partial charge in [0, 0.05) is 18.7 Å². The number of carbonyl (C=O) groups is 2. The Labute approximate surface area is 136 Å². The predicted octanol–water partition coefficient (Wildman–Crippen LogP) is 3.43. The van der Waals surface area contributed by atoms with Crippen molar-refractivity contribution in [1.29, 1.82) is 0 Å². The number of anilines is 1. The molecule has 1 aromatic carbocycles. The monoisotopic (exact) mass is 346 g/mol. The number of carbonyl (C=O) groups excluding carboxylic acids is 2. The molecule has 1 saturated heterocycles. The molecule has 0 radical (unpaired) electrons. The fraction of sp³-hybridized carbons (Fsp3) is 0.500. The zero-order valence-corrected chi connectivity index (χ0v) is 13.3. The summed E-state index contributed by atoms with van der Waals surface area (Å²) in [4.78, 5) is 25.7. The minimum absolute atomic E-state index is 0.154. The second-order valence-corrected chi connectivity index (χ2v) is 6.06. The SMILES string of the molecule is CC(C)C(C(=O)Nc1ccc(F)c(C(F)(F)F)c1)N1CCCC1=O. The van der Waals surface area contributed by atoms with Gasteiger partial charge in [-0.15, -0.1) is 0 Å². The van der Waals surface area contributed by atoms with Crippen LogP contribution in [0.3, 0.4) is 0 Å². The Hall–Kier alpha value is -2.12. The van der Waals surface area contributed by atoms with Crippen molar-refractivity contribution in [2.45, 2.75) is 38.9 Å². The Morgan fingerprint density at radius 3 is 2.46 bits per heavy atom. The first-order valence-corrected chi connectivity index (χ1v) is 7.58. The number of rotatable bonds is 4. The van der Waals surface area contributed by atoms with E-state index in [9.17, 15) is 27.2 Å². The molecule has 8 heteroatoms. The van der Waals surface area contributed by atoms with Gasteiger partial charge in [-0.05, 0) is 30.5 Å². The first kappa shape index (κ1) is 18.2. The largest absolute Gasteiger partial charge is 0.419 e. The third-order valence-corrected chi connectivity index (χ3v) is 3.89. The van der Waals surface area contributed by atoms with Gasteiger partial charge in [0.1, 0.15) is 11.9 Å². The molecule has 2 amide bonds. The predicted molar refractivity (Wildman–Crippen MR) is 79.6 cm³/mol. The van der Waals surface area contributed by atoms with Crippen molar-refractivity contribution in [3.63, 3.8) is 0 Å². The molecule has 1 heterocycles. The van der Waals surface area contributed by atoms with Crippen molar-refractivity contribution in [2.24, 2.45) is 5.92 Å². The summed E-state index contributed by atoms with van der Waals surface area (Å²) >= 11 is 0. The van der Waals surface area contributed by atoms with E-state index >= 15 is 0 Å². The fourth-order valence-corrected chi connectivity index (χ4v) is 2.80. The van der Waals surface area contributed by atoms with Crippen LogP contribution in [0.2, 0.25) is 0 Å².